The molecule has 0 amide bonds. The topological polar surface area (TPSA) is 70.3 Å². The minimum absolute atomic E-state index is 0.536. The summed E-state index contributed by atoms with van der Waals surface area (Å²) in [6.45, 7) is 2.70. The molecule has 6 heteroatoms. The lowest BCUT2D eigenvalue weighted by atomic mass is 9.94. The van der Waals surface area contributed by atoms with Crippen molar-refractivity contribution in [2.24, 2.45) is 0 Å². The Kier molecular flexibility index (Phi) is 4.78. The first-order valence-corrected chi connectivity index (χ1v) is 7.88. The lowest BCUT2D eigenvalue weighted by Gasteiger charge is -2.32. The van der Waals surface area contributed by atoms with Gasteiger partial charge in [0.1, 0.15) is 0 Å². The largest absolute Gasteiger partial charge is 0.387 e. The summed E-state index contributed by atoms with van der Waals surface area (Å²) >= 11 is 6.15. The maximum absolute atomic E-state index is 10.4. The fraction of sp³-hybridized carbons (Fsp3) is 0.438. The lowest BCUT2D eigenvalue weighted by Crippen LogP contribution is -2.51. The van der Waals surface area contributed by atoms with Gasteiger partial charge in [-0.05, 0) is 31.5 Å². The van der Waals surface area contributed by atoms with E-state index >= 15 is 0 Å². The van der Waals surface area contributed by atoms with E-state index in [-0.39, 0.29) is 0 Å². The van der Waals surface area contributed by atoms with Gasteiger partial charge in [-0.3, -0.25) is 0 Å². The van der Waals surface area contributed by atoms with E-state index in [2.05, 4.69) is 15.8 Å². The average molecular weight is 322 g/mol. The summed E-state index contributed by atoms with van der Waals surface area (Å²) in [5.41, 5.74) is 0.952. The van der Waals surface area contributed by atoms with E-state index in [1.54, 1.807) is 0 Å². The molecule has 0 aliphatic carbocycles. The molecule has 2 aromatic rings. The van der Waals surface area contributed by atoms with Crippen molar-refractivity contribution in [3.05, 3.63) is 41.0 Å². The predicted octanol–water partition coefficient (Wildman–Crippen LogP) is 2.20. The van der Waals surface area contributed by atoms with Gasteiger partial charge in [-0.15, -0.1) is 0 Å². The molecule has 2 heterocycles. The number of aromatic nitrogens is 1. The molecule has 0 radical (unpaired) electrons. The van der Waals surface area contributed by atoms with Crippen molar-refractivity contribution in [3.8, 4) is 11.3 Å². The standard InChI is InChI=1S/C16H20ClN3O2/c17-14-5-2-1-4-13(14)15-8-12(20-22-15)9-19-11-16(21)6-3-7-18-10-16/h1-2,4-5,8,18-19,21H,3,6-7,9-11H2. The van der Waals surface area contributed by atoms with Gasteiger partial charge in [-0.1, -0.05) is 28.9 Å². The van der Waals surface area contributed by atoms with Crippen LogP contribution in [0.15, 0.2) is 34.9 Å². The van der Waals surface area contributed by atoms with Crippen LogP contribution in [-0.2, 0) is 6.54 Å². The highest BCUT2D eigenvalue weighted by Gasteiger charge is 2.28. The fourth-order valence-electron chi connectivity index (χ4n) is 2.71. The number of halogens is 1. The number of aliphatic hydroxyl groups is 1. The minimum Gasteiger partial charge on any atom is -0.387 e. The van der Waals surface area contributed by atoms with Crippen molar-refractivity contribution in [1.29, 1.82) is 0 Å². The molecular weight excluding hydrogens is 302 g/mol. The molecular formula is C16H20ClN3O2. The van der Waals surface area contributed by atoms with Gasteiger partial charge in [-0.2, -0.15) is 0 Å². The van der Waals surface area contributed by atoms with Gasteiger partial charge in [0, 0.05) is 31.3 Å². The molecule has 5 nitrogen and oxygen atoms in total. The Bertz CT molecular complexity index is 623. The second-order valence-electron chi connectivity index (χ2n) is 5.77. The van der Waals surface area contributed by atoms with Crippen LogP contribution in [0.25, 0.3) is 11.3 Å². The van der Waals surface area contributed by atoms with Crippen LogP contribution in [0.3, 0.4) is 0 Å². The molecule has 1 aromatic carbocycles. The molecule has 1 fully saturated rings. The van der Waals surface area contributed by atoms with Crippen molar-refractivity contribution in [2.75, 3.05) is 19.6 Å². The number of nitrogens with zero attached hydrogens (tertiary/aromatic N) is 1. The number of nitrogens with one attached hydrogen (secondary N) is 2. The van der Waals surface area contributed by atoms with Crippen LogP contribution in [0.5, 0.6) is 0 Å². The third-order valence-electron chi connectivity index (χ3n) is 3.91. The Balaban J connectivity index is 1.57. The summed E-state index contributed by atoms with van der Waals surface area (Å²) in [7, 11) is 0. The van der Waals surface area contributed by atoms with Gasteiger partial charge < -0.3 is 20.3 Å². The zero-order valence-electron chi connectivity index (χ0n) is 12.3. The van der Waals surface area contributed by atoms with Crippen LogP contribution in [-0.4, -0.2) is 35.5 Å². The average Bonchev–Trinajstić information content (AvgIpc) is 2.97. The molecule has 1 saturated heterocycles. The maximum atomic E-state index is 10.4. The highest BCUT2D eigenvalue weighted by Crippen LogP contribution is 2.27. The smallest absolute Gasteiger partial charge is 0.168 e. The number of piperidine rings is 1. The van der Waals surface area contributed by atoms with Crippen molar-refractivity contribution >= 4 is 11.6 Å². The predicted molar refractivity (Wildman–Crippen MR) is 85.7 cm³/mol. The SMILES string of the molecule is OC1(CNCc2cc(-c3ccccc3Cl)on2)CCCNC1. The Hall–Kier alpha value is -1.40. The van der Waals surface area contributed by atoms with Crippen LogP contribution in [0.1, 0.15) is 18.5 Å². The molecule has 1 aromatic heterocycles. The monoisotopic (exact) mass is 321 g/mol. The normalized spacial score (nSPS) is 21.9. The van der Waals surface area contributed by atoms with Gasteiger partial charge >= 0.3 is 0 Å². The van der Waals surface area contributed by atoms with Crippen LogP contribution in [0, 0.1) is 0 Å². The van der Waals surface area contributed by atoms with Crippen molar-refractivity contribution in [2.45, 2.75) is 25.0 Å². The summed E-state index contributed by atoms with van der Waals surface area (Å²) in [5.74, 6) is 0.653. The van der Waals surface area contributed by atoms with E-state index in [4.69, 9.17) is 16.1 Å². The highest BCUT2D eigenvalue weighted by atomic mass is 35.5. The first kappa shape index (κ1) is 15.5. The summed E-state index contributed by atoms with van der Waals surface area (Å²) in [6, 6.07) is 9.38. The number of benzene rings is 1. The van der Waals surface area contributed by atoms with Gasteiger partial charge in [0.2, 0.25) is 0 Å². The Morgan fingerprint density at radius 1 is 1.41 bits per heavy atom. The van der Waals surface area contributed by atoms with Crippen LogP contribution in [0.2, 0.25) is 5.02 Å². The third kappa shape index (κ3) is 3.67. The van der Waals surface area contributed by atoms with Gasteiger partial charge in [0.15, 0.2) is 5.76 Å². The zero-order chi connectivity index (χ0) is 15.4. The number of hydrogen-bond donors (Lipinski definition) is 3. The molecule has 0 saturated carbocycles. The summed E-state index contributed by atoms with van der Waals surface area (Å²) in [5, 5.41) is 21.5. The first-order valence-electron chi connectivity index (χ1n) is 7.51. The summed E-state index contributed by atoms with van der Waals surface area (Å²) < 4.78 is 5.35. The van der Waals surface area contributed by atoms with Gasteiger partial charge in [-0.25, -0.2) is 0 Å². The molecule has 1 unspecified atom stereocenters. The summed E-state index contributed by atoms with van der Waals surface area (Å²) in [4.78, 5) is 0. The van der Waals surface area contributed by atoms with Crippen molar-refractivity contribution in [1.82, 2.24) is 15.8 Å². The first-order chi connectivity index (χ1) is 10.7. The molecule has 22 heavy (non-hydrogen) atoms. The second-order valence-corrected chi connectivity index (χ2v) is 6.18. The molecule has 1 aliphatic rings. The van der Waals surface area contributed by atoms with Gasteiger partial charge in [0.05, 0.1) is 16.3 Å². The minimum atomic E-state index is -0.673. The number of β-amino-alcohol motifs (C(OH)–C–C–N with tert-alkyl or cyclic N) is 1. The van der Waals surface area contributed by atoms with E-state index in [0.29, 0.717) is 30.4 Å². The quantitative estimate of drug-likeness (QED) is 0.787. The van der Waals surface area contributed by atoms with E-state index in [1.165, 1.54) is 0 Å². The summed E-state index contributed by atoms with van der Waals surface area (Å²) in [6.07, 6.45) is 1.81. The zero-order valence-corrected chi connectivity index (χ0v) is 13.1. The maximum Gasteiger partial charge on any atom is 0.168 e. The molecule has 0 spiro atoms. The van der Waals surface area contributed by atoms with E-state index in [1.807, 2.05) is 30.3 Å². The Labute approximate surface area is 134 Å². The number of rotatable bonds is 5. The molecule has 1 aliphatic heterocycles. The highest BCUT2D eigenvalue weighted by molar-refractivity contribution is 6.33. The van der Waals surface area contributed by atoms with Crippen molar-refractivity contribution < 1.29 is 9.63 Å². The molecule has 3 N–H and O–H groups in total. The van der Waals surface area contributed by atoms with Crippen LogP contribution >= 0.6 is 11.6 Å². The number of hydrogen-bond acceptors (Lipinski definition) is 5. The molecule has 1 atom stereocenters. The van der Waals surface area contributed by atoms with E-state index in [0.717, 1.165) is 30.6 Å². The molecule has 3 rings (SSSR count). The van der Waals surface area contributed by atoms with Crippen LogP contribution in [0.4, 0.5) is 0 Å². The fourth-order valence-corrected chi connectivity index (χ4v) is 2.94. The molecule has 118 valence electrons. The van der Waals surface area contributed by atoms with Gasteiger partial charge in [0.25, 0.3) is 0 Å². The third-order valence-corrected chi connectivity index (χ3v) is 4.24. The molecule has 0 bridgehead atoms. The van der Waals surface area contributed by atoms with Crippen molar-refractivity contribution in [3.63, 3.8) is 0 Å². The second kappa shape index (κ2) is 6.79. The Morgan fingerprint density at radius 2 is 2.27 bits per heavy atom. The van der Waals surface area contributed by atoms with Crippen LogP contribution < -0.4 is 10.6 Å². The Morgan fingerprint density at radius 3 is 3.05 bits per heavy atom. The van der Waals surface area contributed by atoms with E-state index in [9.17, 15) is 5.11 Å². The van der Waals surface area contributed by atoms with E-state index < -0.39 is 5.60 Å². The lowest BCUT2D eigenvalue weighted by molar-refractivity contribution is 0.0168.